The van der Waals surface area contributed by atoms with Gasteiger partial charge in [-0.05, 0) is 57.0 Å². The lowest BCUT2D eigenvalue weighted by Crippen LogP contribution is -2.25. The number of rotatable bonds is 8. The number of fused-ring (bicyclic) bond motifs is 1. The predicted molar refractivity (Wildman–Crippen MR) is 110 cm³/mol. The van der Waals surface area contributed by atoms with Crippen LogP contribution in [0.5, 0.6) is 0 Å². The molecule has 29 heavy (non-hydrogen) atoms. The van der Waals surface area contributed by atoms with Crippen molar-refractivity contribution in [2.24, 2.45) is 0 Å². The fraction of sp³-hybridized carbons (Fsp3) is 0.381. The number of imidazole rings is 1. The number of hydrogen-bond donors (Lipinski definition) is 2. The maximum absolute atomic E-state index is 13.0. The molecule has 0 aliphatic carbocycles. The highest BCUT2D eigenvalue weighted by atomic mass is 19.1. The lowest BCUT2D eigenvalue weighted by atomic mass is 10.2. The van der Waals surface area contributed by atoms with Gasteiger partial charge >= 0.3 is 0 Å². The van der Waals surface area contributed by atoms with E-state index < -0.39 is 0 Å². The minimum Gasteiger partial charge on any atom is -0.382 e. The van der Waals surface area contributed by atoms with Gasteiger partial charge in [-0.25, -0.2) is 14.4 Å². The maximum Gasteiger partial charge on any atom is 0.251 e. The highest BCUT2D eigenvalue weighted by Gasteiger charge is 2.17. The first-order valence-electron chi connectivity index (χ1n) is 9.65. The normalized spacial score (nSPS) is 11.2. The van der Waals surface area contributed by atoms with Gasteiger partial charge < -0.3 is 20.4 Å². The molecule has 0 fully saturated rings. The van der Waals surface area contributed by atoms with Crippen molar-refractivity contribution >= 4 is 22.8 Å². The van der Waals surface area contributed by atoms with E-state index in [2.05, 4.69) is 19.9 Å². The average molecular weight is 399 g/mol. The number of nitrogens with one attached hydrogen (secondary N) is 1. The molecule has 0 aliphatic rings. The van der Waals surface area contributed by atoms with Gasteiger partial charge in [-0.15, -0.1) is 0 Å². The summed E-state index contributed by atoms with van der Waals surface area (Å²) >= 11 is 0. The second-order valence-electron chi connectivity index (χ2n) is 6.84. The molecule has 7 nitrogen and oxygen atoms in total. The largest absolute Gasteiger partial charge is 0.382 e. The van der Waals surface area contributed by atoms with Crippen LogP contribution in [0, 0.1) is 19.7 Å². The summed E-state index contributed by atoms with van der Waals surface area (Å²) in [5.74, 6) is 0.600. The number of halogens is 1. The first-order valence-corrected chi connectivity index (χ1v) is 9.65. The monoisotopic (exact) mass is 399 g/mol. The van der Waals surface area contributed by atoms with Gasteiger partial charge in [-0.1, -0.05) is 0 Å². The van der Waals surface area contributed by atoms with Gasteiger partial charge in [0.05, 0.1) is 5.52 Å². The SMILES string of the molecule is CCOCc1nc2c(N)nc(C)c(C)c2n1CCCNC(=O)c1ccc(F)cc1. The number of aromatic nitrogens is 3. The molecule has 8 heteroatoms. The van der Waals surface area contributed by atoms with E-state index >= 15 is 0 Å². The van der Waals surface area contributed by atoms with E-state index in [0.717, 1.165) is 22.6 Å². The molecule has 2 heterocycles. The molecule has 0 saturated carbocycles. The summed E-state index contributed by atoms with van der Waals surface area (Å²) in [6.45, 7) is 7.95. The fourth-order valence-corrected chi connectivity index (χ4v) is 3.23. The van der Waals surface area contributed by atoms with E-state index in [1.807, 2.05) is 20.8 Å². The zero-order chi connectivity index (χ0) is 21.0. The van der Waals surface area contributed by atoms with Crippen molar-refractivity contribution in [3.63, 3.8) is 0 Å². The molecule has 0 bridgehead atoms. The highest BCUT2D eigenvalue weighted by Crippen LogP contribution is 2.26. The van der Waals surface area contributed by atoms with Gasteiger partial charge in [0.25, 0.3) is 5.91 Å². The Morgan fingerprint density at radius 1 is 1.24 bits per heavy atom. The van der Waals surface area contributed by atoms with Crippen molar-refractivity contribution < 1.29 is 13.9 Å². The van der Waals surface area contributed by atoms with Crippen LogP contribution in [0.4, 0.5) is 10.2 Å². The number of nitrogen functional groups attached to an aromatic ring is 1. The molecule has 2 aromatic heterocycles. The smallest absolute Gasteiger partial charge is 0.251 e. The number of amides is 1. The molecule has 0 spiro atoms. The van der Waals surface area contributed by atoms with Crippen molar-refractivity contribution in [2.45, 2.75) is 40.3 Å². The summed E-state index contributed by atoms with van der Waals surface area (Å²) < 4.78 is 20.7. The molecule has 3 rings (SSSR count). The number of pyridine rings is 1. The topological polar surface area (TPSA) is 95.1 Å². The van der Waals surface area contributed by atoms with E-state index in [-0.39, 0.29) is 11.7 Å². The summed E-state index contributed by atoms with van der Waals surface area (Å²) in [5.41, 5.74) is 10.1. The summed E-state index contributed by atoms with van der Waals surface area (Å²) in [6, 6.07) is 5.48. The Bertz CT molecular complexity index is 1010. The Labute approximate surface area is 169 Å². The van der Waals surface area contributed by atoms with Crippen molar-refractivity contribution in [3.05, 3.63) is 52.7 Å². The minimum atomic E-state index is -0.366. The molecule has 0 unspecified atom stereocenters. The highest BCUT2D eigenvalue weighted by molar-refractivity contribution is 5.94. The Hall–Kier alpha value is -3.00. The molecule has 0 saturated heterocycles. The molecule has 1 aromatic carbocycles. The van der Waals surface area contributed by atoms with E-state index in [0.29, 0.717) is 49.6 Å². The third-order valence-corrected chi connectivity index (χ3v) is 4.86. The summed E-state index contributed by atoms with van der Waals surface area (Å²) in [7, 11) is 0. The Morgan fingerprint density at radius 3 is 2.66 bits per heavy atom. The van der Waals surface area contributed by atoms with Gasteiger partial charge in [0.2, 0.25) is 0 Å². The molecule has 3 N–H and O–H groups in total. The van der Waals surface area contributed by atoms with E-state index in [9.17, 15) is 9.18 Å². The number of carbonyl (C=O) groups is 1. The fourth-order valence-electron chi connectivity index (χ4n) is 3.23. The molecule has 0 radical (unpaired) electrons. The third kappa shape index (κ3) is 4.54. The van der Waals surface area contributed by atoms with E-state index in [1.54, 1.807) is 0 Å². The molecule has 0 atom stereocenters. The zero-order valence-electron chi connectivity index (χ0n) is 17.0. The van der Waals surface area contributed by atoms with E-state index in [4.69, 9.17) is 10.5 Å². The number of ether oxygens (including phenoxy) is 1. The van der Waals surface area contributed by atoms with Crippen LogP contribution in [0.15, 0.2) is 24.3 Å². The Kier molecular flexibility index (Phi) is 6.43. The number of hydrogen-bond acceptors (Lipinski definition) is 5. The molecule has 154 valence electrons. The molecule has 3 aromatic rings. The standard InChI is InChI=1S/C21H26FN5O2/c1-4-29-12-17-26-18-19(13(2)14(3)25-20(18)23)27(17)11-5-10-24-21(28)15-6-8-16(22)9-7-15/h6-9H,4-5,10-12H2,1-3H3,(H2,23,25)(H,24,28). The number of carbonyl (C=O) groups excluding carboxylic acids is 1. The summed E-state index contributed by atoms with van der Waals surface area (Å²) in [6.07, 6.45) is 0.693. The van der Waals surface area contributed by atoms with Crippen LogP contribution >= 0.6 is 0 Å². The van der Waals surface area contributed by atoms with Crippen LogP contribution in [0.25, 0.3) is 11.0 Å². The maximum atomic E-state index is 13.0. The summed E-state index contributed by atoms with van der Waals surface area (Å²) in [4.78, 5) is 21.2. The van der Waals surface area contributed by atoms with Crippen molar-refractivity contribution in [2.75, 3.05) is 18.9 Å². The van der Waals surface area contributed by atoms with Gasteiger partial charge in [-0.3, -0.25) is 4.79 Å². The van der Waals surface area contributed by atoms with Crippen LogP contribution in [-0.2, 0) is 17.9 Å². The first kappa shape index (κ1) is 20.7. The second-order valence-corrected chi connectivity index (χ2v) is 6.84. The van der Waals surface area contributed by atoms with Crippen LogP contribution in [0.2, 0.25) is 0 Å². The van der Waals surface area contributed by atoms with Crippen molar-refractivity contribution in [1.82, 2.24) is 19.9 Å². The summed E-state index contributed by atoms with van der Waals surface area (Å²) in [5, 5.41) is 2.87. The van der Waals surface area contributed by atoms with Gasteiger partial charge in [0.15, 0.2) is 5.82 Å². The lowest BCUT2D eigenvalue weighted by Gasteiger charge is -2.12. The molecule has 1 amide bonds. The van der Waals surface area contributed by atoms with Crippen LogP contribution in [0.3, 0.4) is 0 Å². The molecular weight excluding hydrogens is 373 g/mol. The number of nitrogens with zero attached hydrogens (tertiary/aromatic N) is 3. The second kappa shape index (κ2) is 9.00. The molecule has 0 aliphatic heterocycles. The number of aryl methyl sites for hydroxylation is 3. The third-order valence-electron chi connectivity index (χ3n) is 4.86. The van der Waals surface area contributed by atoms with Gasteiger partial charge in [0.1, 0.15) is 23.8 Å². The van der Waals surface area contributed by atoms with Crippen LogP contribution in [-0.4, -0.2) is 33.6 Å². The minimum absolute atomic E-state index is 0.226. The predicted octanol–water partition coefficient (Wildman–Crippen LogP) is 3.13. The molecular formula is C21H26FN5O2. The first-order chi connectivity index (χ1) is 13.9. The van der Waals surface area contributed by atoms with Gasteiger partial charge in [0, 0.05) is 31.0 Å². The van der Waals surface area contributed by atoms with Crippen molar-refractivity contribution in [1.29, 1.82) is 0 Å². The van der Waals surface area contributed by atoms with E-state index in [1.165, 1.54) is 24.3 Å². The Morgan fingerprint density at radius 2 is 1.97 bits per heavy atom. The zero-order valence-corrected chi connectivity index (χ0v) is 17.0. The van der Waals surface area contributed by atoms with Gasteiger partial charge in [-0.2, -0.15) is 0 Å². The number of nitrogens with two attached hydrogens (primary N) is 1. The number of benzene rings is 1. The lowest BCUT2D eigenvalue weighted by molar-refractivity contribution is 0.0952. The Balaban J connectivity index is 1.74. The average Bonchev–Trinajstić information content (AvgIpc) is 3.07. The van der Waals surface area contributed by atoms with Crippen LogP contribution in [0.1, 0.15) is 40.8 Å². The quantitative estimate of drug-likeness (QED) is 0.568. The van der Waals surface area contributed by atoms with Crippen molar-refractivity contribution in [3.8, 4) is 0 Å². The number of anilines is 1. The van der Waals surface area contributed by atoms with Crippen LogP contribution < -0.4 is 11.1 Å².